The number of nitrogens with zero attached hydrogens (tertiary/aromatic N) is 2. The van der Waals surface area contributed by atoms with Gasteiger partial charge in [0.2, 0.25) is 0 Å². The Morgan fingerprint density at radius 1 is 1.27 bits per heavy atom. The molecular weight excluding hydrogens is 188 g/mol. The van der Waals surface area contributed by atoms with Crippen LogP contribution in [0.3, 0.4) is 0 Å². The van der Waals surface area contributed by atoms with E-state index in [-0.39, 0.29) is 0 Å². The number of hydrogen-bond donors (Lipinski definition) is 1. The molecule has 3 nitrogen and oxygen atoms in total. The predicted molar refractivity (Wildman–Crippen MR) is 64.1 cm³/mol. The van der Waals surface area contributed by atoms with E-state index in [1.807, 2.05) is 0 Å². The number of unbranched alkanes of at least 4 members (excludes halogenated alkanes) is 1. The van der Waals surface area contributed by atoms with E-state index in [2.05, 4.69) is 23.8 Å². The summed E-state index contributed by atoms with van der Waals surface area (Å²) in [6, 6.07) is 0.719. The number of aliphatic hydroxyl groups excluding tert-OH is 1. The van der Waals surface area contributed by atoms with E-state index >= 15 is 0 Å². The molecule has 3 heteroatoms. The van der Waals surface area contributed by atoms with E-state index in [9.17, 15) is 0 Å². The van der Waals surface area contributed by atoms with Crippen LogP contribution < -0.4 is 0 Å². The number of aliphatic hydroxyl groups is 1. The van der Waals surface area contributed by atoms with Gasteiger partial charge in [-0.05, 0) is 52.4 Å². The highest BCUT2D eigenvalue weighted by molar-refractivity contribution is 4.77. The van der Waals surface area contributed by atoms with E-state index in [0.29, 0.717) is 6.61 Å². The molecule has 0 aromatic rings. The lowest BCUT2D eigenvalue weighted by molar-refractivity contribution is 0.174. The Balaban J connectivity index is 2.37. The van der Waals surface area contributed by atoms with E-state index in [4.69, 9.17) is 5.11 Å². The molecule has 1 atom stereocenters. The van der Waals surface area contributed by atoms with Crippen molar-refractivity contribution >= 4 is 0 Å². The molecule has 1 saturated heterocycles. The van der Waals surface area contributed by atoms with Crippen molar-refractivity contribution < 1.29 is 5.11 Å². The van der Waals surface area contributed by atoms with Crippen molar-refractivity contribution in [2.75, 3.05) is 39.8 Å². The molecule has 1 fully saturated rings. The molecule has 0 saturated carbocycles. The molecule has 0 aromatic heterocycles. The van der Waals surface area contributed by atoms with E-state index in [0.717, 1.165) is 25.4 Å². The summed E-state index contributed by atoms with van der Waals surface area (Å²) in [7, 11) is 2.22. The third kappa shape index (κ3) is 4.49. The Morgan fingerprint density at radius 3 is 2.73 bits per heavy atom. The molecule has 15 heavy (non-hydrogen) atoms. The van der Waals surface area contributed by atoms with Gasteiger partial charge in [-0.2, -0.15) is 0 Å². The smallest absolute Gasteiger partial charge is 0.0431 e. The molecule has 1 aliphatic heterocycles. The fraction of sp³-hybridized carbons (Fsp3) is 1.00. The minimum absolute atomic E-state index is 0.338. The van der Waals surface area contributed by atoms with Crippen molar-refractivity contribution in [2.24, 2.45) is 0 Å². The molecule has 0 aliphatic carbocycles. The molecular formula is C12H26N2O. The quantitative estimate of drug-likeness (QED) is 0.696. The standard InChI is InChI=1S/C12H26N2O/c1-3-12-11-13(2)7-6-9-14(12)8-4-5-10-15/h12,15H,3-11H2,1-2H3. The van der Waals surface area contributed by atoms with E-state index < -0.39 is 0 Å². The lowest BCUT2D eigenvalue weighted by Crippen LogP contribution is -2.40. The van der Waals surface area contributed by atoms with Gasteiger partial charge >= 0.3 is 0 Å². The van der Waals surface area contributed by atoms with Gasteiger partial charge in [0.15, 0.2) is 0 Å². The first kappa shape index (κ1) is 12.9. The van der Waals surface area contributed by atoms with Gasteiger partial charge in [-0.1, -0.05) is 6.92 Å². The van der Waals surface area contributed by atoms with Crippen molar-refractivity contribution in [3.8, 4) is 0 Å². The van der Waals surface area contributed by atoms with Crippen LogP contribution in [0.1, 0.15) is 32.6 Å². The van der Waals surface area contributed by atoms with Crippen LogP contribution in [0, 0.1) is 0 Å². The summed E-state index contributed by atoms with van der Waals surface area (Å²) >= 11 is 0. The van der Waals surface area contributed by atoms with E-state index in [1.165, 1.54) is 32.5 Å². The Bertz CT molecular complexity index is 164. The molecule has 90 valence electrons. The summed E-state index contributed by atoms with van der Waals surface area (Å²) in [5, 5.41) is 8.79. The van der Waals surface area contributed by atoms with Gasteiger partial charge in [0, 0.05) is 19.2 Å². The second-order valence-corrected chi connectivity index (χ2v) is 4.64. The second kappa shape index (κ2) is 7.20. The molecule has 0 bridgehead atoms. The van der Waals surface area contributed by atoms with Gasteiger partial charge in [-0.15, -0.1) is 0 Å². The Kier molecular flexibility index (Phi) is 6.22. The molecule has 0 radical (unpaired) electrons. The summed E-state index contributed by atoms with van der Waals surface area (Å²) in [5.41, 5.74) is 0. The van der Waals surface area contributed by atoms with Crippen molar-refractivity contribution in [1.29, 1.82) is 0 Å². The van der Waals surface area contributed by atoms with Crippen LogP contribution >= 0.6 is 0 Å². The highest BCUT2D eigenvalue weighted by Gasteiger charge is 2.20. The molecule has 1 N–H and O–H groups in total. The fourth-order valence-corrected chi connectivity index (χ4v) is 2.40. The highest BCUT2D eigenvalue weighted by Crippen LogP contribution is 2.12. The van der Waals surface area contributed by atoms with Crippen LogP contribution in [0.5, 0.6) is 0 Å². The lowest BCUT2D eigenvalue weighted by Gasteiger charge is -2.30. The van der Waals surface area contributed by atoms with Crippen LogP contribution in [0.2, 0.25) is 0 Å². The van der Waals surface area contributed by atoms with Crippen LogP contribution in [0.4, 0.5) is 0 Å². The molecule has 1 rings (SSSR count). The summed E-state index contributed by atoms with van der Waals surface area (Å²) in [4.78, 5) is 5.05. The predicted octanol–water partition coefficient (Wildman–Crippen LogP) is 1.18. The first-order valence-corrected chi connectivity index (χ1v) is 6.31. The van der Waals surface area contributed by atoms with E-state index in [1.54, 1.807) is 0 Å². The summed E-state index contributed by atoms with van der Waals surface area (Å²) in [6.07, 6.45) is 4.61. The van der Waals surface area contributed by atoms with Crippen molar-refractivity contribution in [3.05, 3.63) is 0 Å². The monoisotopic (exact) mass is 214 g/mol. The topological polar surface area (TPSA) is 26.7 Å². The maximum Gasteiger partial charge on any atom is 0.0431 e. The van der Waals surface area contributed by atoms with Gasteiger partial charge < -0.3 is 10.0 Å². The number of hydrogen-bond acceptors (Lipinski definition) is 3. The molecule has 1 heterocycles. The van der Waals surface area contributed by atoms with Crippen molar-refractivity contribution in [1.82, 2.24) is 9.80 Å². The average molecular weight is 214 g/mol. The van der Waals surface area contributed by atoms with Gasteiger partial charge in [0.1, 0.15) is 0 Å². The fourth-order valence-electron chi connectivity index (χ4n) is 2.40. The maximum absolute atomic E-state index is 8.79. The molecule has 1 unspecified atom stereocenters. The third-order valence-corrected chi connectivity index (χ3v) is 3.35. The van der Waals surface area contributed by atoms with Gasteiger partial charge in [-0.3, -0.25) is 4.90 Å². The van der Waals surface area contributed by atoms with Crippen LogP contribution in [0.15, 0.2) is 0 Å². The Labute approximate surface area is 94.1 Å². The average Bonchev–Trinajstić information content (AvgIpc) is 2.41. The number of rotatable bonds is 5. The first-order chi connectivity index (χ1) is 7.27. The van der Waals surface area contributed by atoms with Gasteiger partial charge in [-0.25, -0.2) is 0 Å². The Hall–Kier alpha value is -0.120. The first-order valence-electron chi connectivity index (χ1n) is 6.31. The maximum atomic E-state index is 8.79. The summed E-state index contributed by atoms with van der Waals surface area (Å²) < 4.78 is 0. The zero-order chi connectivity index (χ0) is 11.1. The molecule has 0 spiro atoms. The molecule has 0 aromatic carbocycles. The second-order valence-electron chi connectivity index (χ2n) is 4.64. The van der Waals surface area contributed by atoms with Gasteiger partial charge in [0.25, 0.3) is 0 Å². The van der Waals surface area contributed by atoms with Crippen molar-refractivity contribution in [3.63, 3.8) is 0 Å². The van der Waals surface area contributed by atoms with Gasteiger partial charge in [0.05, 0.1) is 0 Å². The lowest BCUT2D eigenvalue weighted by atomic mass is 10.1. The zero-order valence-corrected chi connectivity index (χ0v) is 10.3. The largest absolute Gasteiger partial charge is 0.396 e. The molecule has 0 amide bonds. The van der Waals surface area contributed by atoms with Crippen LogP contribution in [-0.2, 0) is 0 Å². The van der Waals surface area contributed by atoms with Crippen molar-refractivity contribution in [2.45, 2.75) is 38.6 Å². The minimum Gasteiger partial charge on any atom is -0.396 e. The zero-order valence-electron chi connectivity index (χ0n) is 10.3. The minimum atomic E-state index is 0.338. The highest BCUT2D eigenvalue weighted by atomic mass is 16.2. The summed E-state index contributed by atoms with van der Waals surface area (Å²) in [5.74, 6) is 0. The SMILES string of the molecule is CCC1CN(C)CCCN1CCCCO. The van der Waals surface area contributed by atoms with Crippen LogP contribution in [0.25, 0.3) is 0 Å². The van der Waals surface area contributed by atoms with Crippen LogP contribution in [-0.4, -0.2) is 60.8 Å². The number of likely N-dealkylation sites (N-methyl/N-ethyl adjacent to an activating group) is 1. The normalized spacial score (nSPS) is 25.4. The molecule has 1 aliphatic rings. The summed E-state index contributed by atoms with van der Waals surface area (Å²) in [6.45, 7) is 7.44. The Morgan fingerprint density at radius 2 is 2.07 bits per heavy atom. The third-order valence-electron chi connectivity index (χ3n) is 3.35.